The molecule has 6 nitrogen and oxygen atoms in total. The molecule has 0 aliphatic carbocycles. The van der Waals surface area contributed by atoms with E-state index in [0.717, 1.165) is 11.3 Å². The molecule has 0 aliphatic rings. The third-order valence-corrected chi connectivity index (χ3v) is 3.85. The average Bonchev–Trinajstić information content (AvgIpc) is 3.24. The van der Waals surface area contributed by atoms with E-state index in [1.807, 2.05) is 50.4 Å². The number of oxazole rings is 1. The van der Waals surface area contributed by atoms with Crippen LogP contribution in [0.15, 0.2) is 47.1 Å². The number of benzene rings is 1. The Morgan fingerprint density at radius 1 is 1.33 bits per heavy atom. The number of rotatable bonds is 5. The molecule has 1 amide bonds. The minimum absolute atomic E-state index is 0.201. The second kappa shape index (κ2) is 6.70. The van der Waals surface area contributed by atoms with Crippen LogP contribution in [0.1, 0.15) is 47.6 Å². The van der Waals surface area contributed by atoms with Gasteiger partial charge in [0.2, 0.25) is 5.76 Å². The Bertz CT molecular complexity index is 837. The third kappa shape index (κ3) is 3.08. The van der Waals surface area contributed by atoms with E-state index in [-0.39, 0.29) is 17.7 Å². The maximum Gasteiger partial charge on any atom is 0.289 e. The van der Waals surface area contributed by atoms with Crippen LogP contribution in [0, 0.1) is 6.92 Å². The lowest BCUT2D eigenvalue weighted by molar-refractivity contribution is 0.0909. The summed E-state index contributed by atoms with van der Waals surface area (Å²) in [6, 6.07) is 9.51. The fraction of sp³-hybridized carbons (Fsp3) is 0.278. The Labute approximate surface area is 140 Å². The van der Waals surface area contributed by atoms with Crippen molar-refractivity contribution in [2.24, 2.45) is 0 Å². The van der Waals surface area contributed by atoms with Crippen molar-refractivity contribution in [2.45, 2.75) is 33.2 Å². The molecule has 24 heavy (non-hydrogen) atoms. The quantitative estimate of drug-likeness (QED) is 0.782. The molecule has 0 radical (unpaired) electrons. The molecule has 1 atom stereocenters. The van der Waals surface area contributed by atoms with Crippen molar-refractivity contribution >= 4 is 5.91 Å². The van der Waals surface area contributed by atoms with Gasteiger partial charge in [0.15, 0.2) is 5.89 Å². The summed E-state index contributed by atoms with van der Waals surface area (Å²) in [4.78, 5) is 16.8. The molecule has 124 valence electrons. The van der Waals surface area contributed by atoms with Gasteiger partial charge in [0.05, 0.1) is 17.4 Å². The van der Waals surface area contributed by atoms with Crippen molar-refractivity contribution in [1.82, 2.24) is 20.1 Å². The van der Waals surface area contributed by atoms with E-state index >= 15 is 0 Å². The molecule has 0 unspecified atom stereocenters. The van der Waals surface area contributed by atoms with Crippen molar-refractivity contribution in [3.63, 3.8) is 0 Å². The number of carbonyl (C=O) groups excluding carboxylic acids is 1. The number of aromatic nitrogens is 3. The molecule has 6 heteroatoms. The molecule has 3 aromatic rings. The van der Waals surface area contributed by atoms with Crippen LogP contribution < -0.4 is 5.32 Å². The van der Waals surface area contributed by atoms with E-state index < -0.39 is 0 Å². The average molecular weight is 324 g/mol. The maximum absolute atomic E-state index is 12.5. The molecule has 1 N–H and O–H groups in total. The summed E-state index contributed by atoms with van der Waals surface area (Å²) in [5, 5.41) is 7.25. The summed E-state index contributed by atoms with van der Waals surface area (Å²) in [5.41, 5.74) is 2.51. The van der Waals surface area contributed by atoms with Crippen LogP contribution in [0.4, 0.5) is 0 Å². The molecule has 0 fully saturated rings. The second-order valence-corrected chi connectivity index (χ2v) is 5.58. The summed E-state index contributed by atoms with van der Waals surface area (Å²) in [7, 11) is 0. The third-order valence-electron chi connectivity index (χ3n) is 3.85. The number of amides is 1. The lowest BCUT2D eigenvalue weighted by Gasteiger charge is -2.17. The zero-order valence-electron chi connectivity index (χ0n) is 14.0. The highest BCUT2D eigenvalue weighted by Gasteiger charge is 2.20. The second-order valence-electron chi connectivity index (χ2n) is 5.58. The summed E-state index contributed by atoms with van der Waals surface area (Å²) in [5.74, 6) is 0.583. The Balaban J connectivity index is 1.84. The van der Waals surface area contributed by atoms with Gasteiger partial charge in [-0.05, 0) is 31.5 Å². The Kier molecular flexibility index (Phi) is 4.46. The van der Waals surface area contributed by atoms with Gasteiger partial charge in [0.25, 0.3) is 5.91 Å². The van der Waals surface area contributed by atoms with Crippen molar-refractivity contribution in [3.05, 3.63) is 65.6 Å². The van der Waals surface area contributed by atoms with E-state index in [1.165, 1.54) is 0 Å². The van der Waals surface area contributed by atoms with Gasteiger partial charge in [-0.1, -0.05) is 25.1 Å². The number of hydrogen-bond acceptors (Lipinski definition) is 4. The molecular formula is C18H20N4O2. The standard InChI is InChI=1S/C18H20N4O2/c1-4-16-20-13(3)17(24-16)18(23)21-12(2)14-8-5-6-9-15(14)22-11-7-10-19-22/h5-12H,4H2,1-3H3,(H,21,23)/t12-/m0/s1. The first-order valence-corrected chi connectivity index (χ1v) is 7.96. The van der Waals surface area contributed by atoms with Gasteiger partial charge in [-0.25, -0.2) is 9.67 Å². The van der Waals surface area contributed by atoms with Gasteiger partial charge in [0.1, 0.15) is 0 Å². The summed E-state index contributed by atoms with van der Waals surface area (Å²) in [6.07, 6.45) is 4.26. The van der Waals surface area contributed by atoms with Gasteiger partial charge in [-0.15, -0.1) is 0 Å². The monoisotopic (exact) mass is 324 g/mol. The molecular weight excluding hydrogens is 304 g/mol. The fourth-order valence-corrected chi connectivity index (χ4v) is 2.63. The lowest BCUT2D eigenvalue weighted by Crippen LogP contribution is -2.27. The molecule has 0 saturated carbocycles. The van der Waals surface area contributed by atoms with Crippen LogP contribution in [-0.4, -0.2) is 20.7 Å². The van der Waals surface area contributed by atoms with E-state index in [9.17, 15) is 4.79 Å². The predicted octanol–water partition coefficient (Wildman–Crippen LogP) is 3.22. The van der Waals surface area contributed by atoms with Crippen LogP contribution in [0.3, 0.4) is 0 Å². The maximum atomic E-state index is 12.5. The zero-order valence-corrected chi connectivity index (χ0v) is 14.0. The normalized spacial score (nSPS) is 12.1. The molecule has 2 aromatic heterocycles. The minimum atomic E-state index is -0.262. The van der Waals surface area contributed by atoms with Crippen molar-refractivity contribution < 1.29 is 9.21 Å². The van der Waals surface area contributed by atoms with E-state index in [1.54, 1.807) is 17.8 Å². The molecule has 2 heterocycles. The topological polar surface area (TPSA) is 73.0 Å². The van der Waals surface area contributed by atoms with E-state index in [4.69, 9.17) is 4.42 Å². The minimum Gasteiger partial charge on any atom is -0.435 e. The number of nitrogens with zero attached hydrogens (tertiary/aromatic N) is 3. The van der Waals surface area contributed by atoms with E-state index in [0.29, 0.717) is 18.0 Å². The number of para-hydroxylation sites is 1. The Morgan fingerprint density at radius 3 is 2.79 bits per heavy atom. The summed E-state index contributed by atoms with van der Waals surface area (Å²) < 4.78 is 7.31. The lowest BCUT2D eigenvalue weighted by atomic mass is 10.1. The Hall–Kier alpha value is -2.89. The first kappa shape index (κ1) is 16.0. The number of hydrogen-bond donors (Lipinski definition) is 1. The predicted molar refractivity (Wildman–Crippen MR) is 90.1 cm³/mol. The van der Waals surface area contributed by atoms with Gasteiger partial charge in [0, 0.05) is 18.8 Å². The molecule has 0 aliphatic heterocycles. The highest BCUT2D eigenvalue weighted by molar-refractivity contribution is 5.92. The molecule has 0 saturated heterocycles. The highest BCUT2D eigenvalue weighted by Crippen LogP contribution is 2.22. The van der Waals surface area contributed by atoms with Gasteiger partial charge < -0.3 is 9.73 Å². The van der Waals surface area contributed by atoms with Gasteiger partial charge >= 0.3 is 0 Å². The van der Waals surface area contributed by atoms with Crippen molar-refractivity contribution in [1.29, 1.82) is 0 Å². The number of carbonyl (C=O) groups is 1. The zero-order chi connectivity index (χ0) is 17.1. The number of aryl methyl sites for hydroxylation is 2. The first-order chi connectivity index (χ1) is 11.6. The Morgan fingerprint density at radius 2 is 2.12 bits per heavy atom. The van der Waals surface area contributed by atoms with Crippen LogP contribution in [-0.2, 0) is 6.42 Å². The summed E-state index contributed by atoms with van der Waals surface area (Å²) in [6.45, 7) is 5.66. The summed E-state index contributed by atoms with van der Waals surface area (Å²) >= 11 is 0. The van der Waals surface area contributed by atoms with E-state index in [2.05, 4.69) is 15.4 Å². The fourth-order valence-electron chi connectivity index (χ4n) is 2.63. The molecule has 1 aromatic carbocycles. The van der Waals surface area contributed by atoms with Gasteiger partial charge in [-0.3, -0.25) is 4.79 Å². The van der Waals surface area contributed by atoms with Gasteiger partial charge in [-0.2, -0.15) is 5.10 Å². The van der Waals surface area contributed by atoms with Crippen LogP contribution in [0.2, 0.25) is 0 Å². The molecule has 3 rings (SSSR count). The first-order valence-electron chi connectivity index (χ1n) is 7.96. The van der Waals surface area contributed by atoms with Crippen molar-refractivity contribution in [2.75, 3.05) is 0 Å². The van der Waals surface area contributed by atoms with Crippen LogP contribution >= 0.6 is 0 Å². The molecule has 0 bridgehead atoms. The van der Waals surface area contributed by atoms with Crippen LogP contribution in [0.25, 0.3) is 5.69 Å². The van der Waals surface area contributed by atoms with Crippen molar-refractivity contribution in [3.8, 4) is 5.69 Å². The molecule has 0 spiro atoms. The number of nitrogens with one attached hydrogen (secondary N) is 1. The van der Waals surface area contributed by atoms with Crippen LogP contribution in [0.5, 0.6) is 0 Å². The highest BCUT2D eigenvalue weighted by atomic mass is 16.4. The SMILES string of the molecule is CCc1nc(C)c(C(=O)N[C@@H](C)c2ccccc2-n2cccn2)o1. The largest absolute Gasteiger partial charge is 0.435 e. The smallest absolute Gasteiger partial charge is 0.289 e.